The van der Waals surface area contributed by atoms with Crippen LogP contribution in [-0.2, 0) is 0 Å². The second-order valence-corrected chi connectivity index (χ2v) is 5.04. The first-order valence-corrected chi connectivity index (χ1v) is 7.08. The minimum Gasteiger partial charge on any atom is -0.493 e. The maximum absolute atomic E-state index is 5.50. The van der Waals surface area contributed by atoms with Gasteiger partial charge in [-0.1, -0.05) is 37.3 Å². The van der Waals surface area contributed by atoms with Crippen molar-refractivity contribution in [2.75, 3.05) is 13.7 Å². The molecule has 20 heavy (non-hydrogen) atoms. The Morgan fingerprint density at radius 1 is 1.25 bits per heavy atom. The lowest BCUT2D eigenvalue weighted by atomic mass is 10.0. The largest absolute Gasteiger partial charge is 0.493 e. The quantitative estimate of drug-likeness (QED) is 0.878. The summed E-state index contributed by atoms with van der Waals surface area (Å²) < 4.78 is 7.53. The highest BCUT2D eigenvalue weighted by atomic mass is 16.5. The Balaban J connectivity index is 2.51. The Morgan fingerprint density at radius 2 is 1.95 bits per heavy atom. The Morgan fingerprint density at radius 3 is 2.50 bits per heavy atom. The number of nitrogens with zero attached hydrogens (tertiary/aromatic N) is 2. The van der Waals surface area contributed by atoms with Gasteiger partial charge in [0.05, 0.1) is 19.3 Å². The number of benzene rings is 1. The highest BCUT2D eigenvalue weighted by molar-refractivity contribution is 5.36. The molecule has 1 aromatic carbocycles. The molecule has 0 amide bonds. The minimum atomic E-state index is 0.0843. The van der Waals surface area contributed by atoms with Gasteiger partial charge in [-0.3, -0.25) is 4.68 Å². The van der Waals surface area contributed by atoms with Crippen LogP contribution >= 0.6 is 0 Å². The summed E-state index contributed by atoms with van der Waals surface area (Å²) in [6, 6.07) is 10.8. The monoisotopic (exact) mass is 273 g/mol. The molecule has 2 rings (SSSR count). The van der Waals surface area contributed by atoms with Crippen LogP contribution in [0.1, 0.15) is 44.1 Å². The van der Waals surface area contributed by atoms with E-state index in [1.807, 2.05) is 10.7 Å². The van der Waals surface area contributed by atoms with Crippen molar-refractivity contribution in [3.8, 4) is 5.75 Å². The molecule has 4 heteroatoms. The molecule has 0 bridgehead atoms. The van der Waals surface area contributed by atoms with Crippen molar-refractivity contribution in [3.05, 3.63) is 47.8 Å². The van der Waals surface area contributed by atoms with Crippen molar-refractivity contribution in [1.82, 2.24) is 15.1 Å². The van der Waals surface area contributed by atoms with Crippen molar-refractivity contribution >= 4 is 0 Å². The molecule has 1 unspecified atom stereocenters. The summed E-state index contributed by atoms with van der Waals surface area (Å²) in [6.07, 6.45) is 1.79. The highest BCUT2D eigenvalue weighted by Gasteiger charge is 2.23. The van der Waals surface area contributed by atoms with Gasteiger partial charge in [-0.2, -0.15) is 5.10 Å². The first-order valence-electron chi connectivity index (χ1n) is 7.08. The van der Waals surface area contributed by atoms with Gasteiger partial charge in [0.25, 0.3) is 0 Å². The molecule has 4 nitrogen and oxygen atoms in total. The van der Waals surface area contributed by atoms with Gasteiger partial charge in [0.2, 0.25) is 0 Å². The number of nitrogens with one attached hydrogen (secondary N) is 1. The van der Waals surface area contributed by atoms with E-state index < -0.39 is 0 Å². The summed E-state index contributed by atoms with van der Waals surface area (Å²) in [5, 5.41) is 8.00. The van der Waals surface area contributed by atoms with Gasteiger partial charge in [-0.15, -0.1) is 0 Å². The van der Waals surface area contributed by atoms with E-state index in [0.29, 0.717) is 6.04 Å². The van der Waals surface area contributed by atoms with E-state index in [0.717, 1.165) is 18.0 Å². The van der Waals surface area contributed by atoms with Crippen LogP contribution in [0.5, 0.6) is 5.75 Å². The lowest BCUT2D eigenvalue weighted by Gasteiger charge is -2.22. The van der Waals surface area contributed by atoms with E-state index >= 15 is 0 Å². The summed E-state index contributed by atoms with van der Waals surface area (Å²) in [4.78, 5) is 0. The molecule has 108 valence electrons. The van der Waals surface area contributed by atoms with Crippen molar-refractivity contribution in [2.45, 2.75) is 32.9 Å². The summed E-state index contributed by atoms with van der Waals surface area (Å²) in [6.45, 7) is 7.25. The number of methoxy groups -OCH3 is 1. The Hall–Kier alpha value is -1.81. The van der Waals surface area contributed by atoms with Gasteiger partial charge in [-0.05, 0) is 26.0 Å². The van der Waals surface area contributed by atoms with Gasteiger partial charge in [0.15, 0.2) is 5.75 Å². The summed E-state index contributed by atoms with van der Waals surface area (Å²) in [7, 11) is 1.69. The number of hydrogen-bond donors (Lipinski definition) is 1. The fourth-order valence-corrected chi connectivity index (χ4v) is 2.42. The molecule has 0 fully saturated rings. The molecule has 2 aromatic rings. The summed E-state index contributed by atoms with van der Waals surface area (Å²) in [5.41, 5.74) is 2.30. The molecule has 1 aromatic heterocycles. The first kappa shape index (κ1) is 14.6. The normalized spacial score (nSPS) is 12.7. The van der Waals surface area contributed by atoms with E-state index in [1.54, 1.807) is 13.3 Å². The number of aromatic nitrogens is 2. The zero-order valence-corrected chi connectivity index (χ0v) is 12.6. The van der Waals surface area contributed by atoms with Crippen LogP contribution in [0.3, 0.4) is 0 Å². The van der Waals surface area contributed by atoms with Gasteiger partial charge >= 0.3 is 0 Å². The molecule has 0 aliphatic carbocycles. The van der Waals surface area contributed by atoms with E-state index in [-0.39, 0.29) is 6.04 Å². The third-order valence-corrected chi connectivity index (χ3v) is 3.32. The molecule has 1 atom stereocenters. The van der Waals surface area contributed by atoms with Crippen molar-refractivity contribution < 1.29 is 4.74 Å². The fourth-order valence-electron chi connectivity index (χ4n) is 2.42. The highest BCUT2D eigenvalue weighted by Crippen LogP contribution is 2.31. The fraction of sp³-hybridized carbons (Fsp3) is 0.438. The number of hydrogen-bond acceptors (Lipinski definition) is 3. The second kappa shape index (κ2) is 6.57. The van der Waals surface area contributed by atoms with Crippen molar-refractivity contribution in [1.29, 1.82) is 0 Å². The van der Waals surface area contributed by atoms with E-state index in [9.17, 15) is 0 Å². The summed E-state index contributed by atoms with van der Waals surface area (Å²) >= 11 is 0. The van der Waals surface area contributed by atoms with Crippen LogP contribution in [0.2, 0.25) is 0 Å². The summed E-state index contributed by atoms with van der Waals surface area (Å²) in [5.74, 6) is 0.827. The maximum Gasteiger partial charge on any atom is 0.161 e. The molecule has 0 radical (unpaired) electrons. The van der Waals surface area contributed by atoms with Crippen molar-refractivity contribution in [3.63, 3.8) is 0 Å². The van der Waals surface area contributed by atoms with E-state index in [2.05, 4.69) is 55.5 Å². The topological polar surface area (TPSA) is 39.1 Å². The van der Waals surface area contributed by atoms with Crippen molar-refractivity contribution in [2.24, 2.45) is 0 Å². The molecular formula is C16H23N3O. The third-order valence-electron chi connectivity index (χ3n) is 3.32. The molecule has 0 saturated heterocycles. The Kier molecular flexibility index (Phi) is 4.79. The van der Waals surface area contributed by atoms with E-state index in [4.69, 9.17) is 4.74 Å². The Bertz CT molecular complexity index is 534. The van der Waals surface area contributed by atoms with Crippen LogP contribution in [0.4, 0.5) is 0 Å². The zero-order chi connectivity index (χ0) is 14.5. The van der Waals surface area contributed by atoms with Crippen LogP contribution in [-0.4, -0.2) is 23.4 Å². The predicted molar refractivity (Wildman–Crippen MR) is 81.1 cm³/mol. The zero-order valence-electron chi connectivity index (χ0n) is 12.6. The maximum atomic E-state index is 5.50. The minimum absolute atomic E-state index is 0.0843. The van der Waals surface area contributed by atoms with Gasteiger partial charge < -0.3 is 10.1 Å². The van der Waals surface area contributed by atoms with Crippen LogP contribution in [0, 0.1) is 0 Å². The lowest BCUT2D eigenvalue weighted by Crippen LogP contribution is -2.26. The van der Waals surface area contributed by atoms with Gasteiger partial charge in [0.1, 0.15) is 5.69 Å². The SMILES string of the molecule is CCNC(c1ccccc1)c1c(OC)cnn1C(C)C. The smallest absolute Gasteiger partial charge is 0.161 e. The average molecular weight is 273 g/mol. The average Bonchev–Trinajstić information content (AvgIpc) is 2.89. The second-order valence-electron chi connectivity index (χ2n) is 5.04. The van der Waals surface area contributed by atoms with E-state index in [1.165, 1.54) is 5.56 Å². The molecular weight excluding hydrogens is 250 g/mol. The first-order chi connectivity index (χ1) is 9.69. The van der Waals surface area contributed by atoms with Gasteiger partial charge in [0, 0.05) is 6.04 Å². The predicted octanol–water partition coefficient (Wildman–Crippen LogP) is 3.17. The molecule has 0 saturated carbocycles. The van der Waals surface area contributed by atoms with Crippen LogP contribution in [0.15, 0.2) is 36.5 Å². The standard InChI is InChI=1S/C16H23N3O/c1-5-17-15(13-9-7-6-8-10-13)16-14(20-4)11-18-19(16)12(2)3/h6-12,15,17H,5H2,1-4H3. The Labute approximate surface area is 120 Å². The number of rotatable bonds is 6. The molecule has 0 aliphatic heterocycles. The molecule has 0 spiro atoms. The number of ether oxygens (including phenoxy) is 1. The molecule has 0 aliphatic rings. The third kappa shape index (κ3) is 2.85. The molecule has 1 heterocycles. The van der Waals surface area contributed by atoms with Crippen LogP contribution < -0.4 is 10.1 Å². The van der Waals surface area contributed by atoms with Crippen LogP contribution in [0.25, 0.3) is 0 Å². The lowest BCUT2D eigenvalue weighted by molar-refractivity contribution is 0.394. The molecule has 1 N–H and O–H groups in total. The van der Waals surface area contributed by atoms with Gasteiger partial charge in [-0.25, -0.2) is 0 Å².